The van der Waals surface area contributed by atoms with Crippen molar-refractivity contribution in [2.24, 2.45) is 0 Å². The van der Waals surface area contributed by atoms with E-state index in [9.17, 15) is 4.79 Å². The summed E-state index contributed by atoms with van der Waals surface area (Å²) in [5.41, 5.74) is 7.66. The van der Waals surface area contributed by atoms with E-state index in [0.717, 1.165) is 5.69 Å². The fourth-order valence-corrected chi connectivity index (χ4v) is 1.64. The standard InChI is InChI=1S/C14H15N3O2/c1-9(18)14-8-11(5-6-17-14)19-10-3-4-13(16-2)12(15)7-10/h3-8,16H,15H2,1-2H3. The second-order valence-corrected chi connectivity index (χ2v) is 4.03. The molecule has 0 spiro atoms. The maximum Gasteiger partial charge on any atom is 0.178 e. The van der Waals surface area contributed by atoms with Crippen LogP contribution < -0.4 is 15.8 Å². The molecule has 98 valence electrons. The van der Waals surface area contributed by atoms with Gasteiger partial charge < -0.3 is 15.8 Å². The molecule has 0 aliphatic carbocycles. The van der Waals surface area contributed by atoms with Gasteiger partial charge in [0.05, 0.1) is 11.4 Å². The van der Waals surface area contributed by atoms with E-state index in [2.05, 4.69) is 10.3 Å². The SMILES string of the molecule is CNc1ccc(Oc2ccnc(C(C)=O)c2)cc1N. The summed E-state index contributed by atoms with van der Waals surface area (Å²) < 4.78 is 5.65. The summed E-state index contributed by atoms with van der Waals surface area (Å²) in [7, 11) is 1.80. The van der Waals surface area contributed by atoms with Crippen molar-refractivity contribution in [2.45, 2.75) is 6.92 Å². The molecule has 2 rings (SSSR count). The number of ether oxygens (including phenoxy) is 1. The molecular formula is C14H15N3O2. The lowest BCUT2D eigenvalue weighted by Gasteiger charge is -2.09. The number of benzene rings is 1. The van der Waals surface area contributed by atoms with Crippen LogP contribution in [0.5, 0.6) is 11.5 Å². The van der Waals surface area contributed by atoms with Crippen molar-refractivity contribution < 1.29 is 9.53 Å². The van der Waals surface area contributed by atoms with Gasteiger partial charge in [-0.05, 0) is 18.2 Å². The van der Waals surface area contributed by atoms with E-state index in [1.54, 1.807) is 31.3 Å². The first-order chi connectivity index (χ1) is 9.10. The monoisotopic (exact) mass is 257 g/mol. The number of nitrogen functional groups attached to an aromatic ring is 1. The van der Waals surface area contributed by atoms with Crippen LogP contribution in [-0.2, 0) is 0 Å². The Morgan fingerprint density at radius 3 is 2.63 bits per heavy atom. The van der Waals surface area contributed by atoms with Crippen LogP contribution in [0.4, 0.5) is 11.4 Å². The van der Waals surface area contributed by atoms with Gasteiger partial charge in [-0.1, -0.05) is 0 Å². The Morgan fingerprint density at radius 2 is 2.00 bits per heavy atom. The molecule has 0 aliphatic rings. The highest BCUT2D eigenvalue weighted by molar-refractivity contribution is 5.92. The topological polar surface area (TPSA) is 77.2 Å². The lowest BCUT2D eigenvalue weighted by Crippen LogP contribution is -1.98. The van der Waals surface area contributed by atoms with E-state index >= 15 is 0 Å². The van der Waals surface area contributed by atoms with Gasteiger partial charge in [-0.25, -0.2) is 0 Å². The zero-order chi connectivity index (χ0) is 13.8. The van der Waals surface area contributed by atoms with Crippen LogP contribution in [0.1, 0.15) is 17.4 Å². The lowest BCUT2D eigenvalue weighted by molar-refractivity contribution is 0.101. The van der Waals surface area contributed by atoms with Crippen molar-refractivity contribution >= 4 is 17.2 Å². The van der Waals surface area contributed by atoms with Crippen LogP contribution in [0.3, 0.4) is 0 Å². The van der Waals surface area contributed by atoms with Gasteiger partial charge in [-0.2, -0.15) is 0 Å². The summed E-state index contributed by atoms with van der Waals surface area (Å²) in [6, 6.07) is 8.65. The predicted molar refractivity (Wildman–Crippen MR) is 74.7 cm³/mol. The Labute approximate surface area is 111 Å². The maximum atomic E-state index is 11.2. The van der Waals surface area contributed by atoms with Gasteiger partial charge in [-0.15, -0.1) is 0 Å². The number of nitrogens with two attached hydrogens (primary N) is 1. The number of anilines is 2. The van der Waals surface area contributed by atoms with Crippen molar-refractivity contribution in [1.82, 2.24) is 4.98 Å². The van der Waals surface area contributed by atoms with Crippen LogP contribution in [0.25, 0.3) is 0 Å². The molecule has 0 saturated heterocycles. The summed E-state index contributed by atoms with van der Waals surface area (Å²) in [6.45, 7) is 1.46. The van der Waals surface area contributed by atoms with Crippen molar-refractivity contribution in [3.05, 3.63) is 42.2 Å². The number of aromatic nitrogens is 1. The molecule has 1 aromatic carbocycles. The minimum Gasteiger partial charge on any atom is -0.457 e. The van der Waals surface area contributed by atoms with Gasteiger partial charge in [0.25, 0.3) is 0 Å². The molecule has 19 heavy (non-hydrogen) atoms. The molecule has 0 radical (unpaired) electrons. The van der Waals surface area contributed by atoms with E-state index in [0.29, 0.717) is 22.9 Å². The maximum absolute atomic E-state index is 11.2. The van der Waals surface area contributed by atoms with Gasteiger partial charge in [0, 0.05) is 32.3 Å². The number of ketones is 1. The van der Waals surface area contributed by atoms with Gasteiger partial charge in [0.1, 0.15) is 17.2 Å². The number of Topliss-reactive ketones (excluding diaryl/α,β-unsaturated/α-hetero) is 1. The van der Waals surface area contributed by atoms with Crippen LogP contribution >= 0.6 is 0 Å². The smallest absolute Gasteiger partial charge is 0.178 e. The van der Waals surface area contributed by atoms with Crippen molar-refractivity contribution in [2.75, 3.05) is 18.1 Å². The number of carbonyl (C=O) groups excluding carboxylic acids is 1. The van der Waals surface area contributed by atoms with Gasteiger partial charge in [0.2, 0.25) is 0 Å². The molecule has 0 saturated carbocycles. The summed E-state index contributed by atoms with van der Waals surface area (Å²) in [6.07, 6.45) is 1.54. The molecule has 0 aliphatic heterocycles. The Hall–Kier alpha value is -2.56. The molecule has 3 N–H and O–H groups in total. The first kappa shape index (κ1) is 12.9. The van der Waals surface area contributed by atoms with E-state index < -0.39 is 0 Å². The summed E-state index contributed by atoms with van der Waals surface area (Å²) in [5.74, 6) is 1.06. The Balaban J connectivity index is 2.23. The fourth-order valence-electron chi connectivity index (χ4n) is 1.64. The Bertz CT molecular complexity index is 611. The predicted octanol–water partition coefficient (Wildman–Crippen LogP) is 2.70. The molecule has 0 unspecified atom stereocenters. The molecule has 0 fully saturated rings. The normalized spacial score (nSPS) is 10.0. The molecule has 1 heterocycles. The molecule has 0 amide bonds. The molecule has 5 heteroatoms. The van der Waals surface area contributed by atoms with E-state index in [4.69, 9.17) is 10.5 Å². The number of pyridine rings is 1. The minimum atomic E-state index is -0.101. The number of nitrogens with zero attached hydrogens (tertiary/aromatic N) is 1. The molecule has 0 atom stereocenters. The Morgan fingerprint density at radius 1 is 1.26 bits per heavy atom. The zero-order valence-electron chi connectivity index (χ0n) is 10.8. The van der Waals surface area contributed by atoms with Crippen LogP contribution in [0.2, 0.25) is 0 Å². The summed E-state index contributed by atoms with van der Waals surface area (Å²) in [5, 5.41) is 2.98. The van der Waals surface area contributed by atoms with Crippen LogP contribution in [0, 0.1) is 0 Å². The van der Waals surface area contributed by atoms with E-state index in [1.807, 2.05) is 6.07 Å². The van der Waals surface area contributed by atoms with E-state index in [-0.39, 0.29) is 5.78 Å². The highest BCUT2D eigenvalue weighted by atomic mass is 16.5. The minimum absolute atomic E-state index is 0.101. The summed E-state index contributed by atoms with van der Waals surface area (Å²) in [4.78, 5) is 15.2. The largest absolute Gasteiger partial charge is 0.457 e. The molecule has 5 nitrogen and oxygen atoms in total. The van der Waals surface area contributed by atoms with Gasteiger partial charge in [-0.3, -0.25) is 9.78 Å². The average molecular weight is 257 g/mol. The first-order valence-corrected chi connectivity index (χ1v) is 5.82. The zero-order valence-corrected chi connectivity index (χ0v) is 10.8. The van der Waals surface area contributed by atoms with Gasteiger partial charge in [0.15, 0.2) is 5.78 Å². The molecular weight excluding hydrogens is 242 g/mol. The average Bonchev–Trinajstić information content (AvgIpc) is 2.39. The highest BCUT2D eigenvalue weighted by Crippen LogP contribution is 2.27. The third-order valence-electron chi connectivity index (χ3n) is 2.62. The third-order valence-corrected chi connectivity index (χ3v) is 2.62. The van der Waals surface area contributed by atoms with Gasteiger partial charge >= 0.3 is 0 Å². The first-order valence-electron chi connectivity index (χ1n) is 5.82. The molecule has 1 aromatic heterocycles. The number of rotatable bonds is 4. The number of hydrogen-bond donors (Lipinski definition) is 2. The fraction of sp³-hybridized carbons (Fsp3) is 0.143. The molecule has 2 aromatic rings. The quantitative estimate of drug-likeness (QED) is 0.650. The second kappa shape index (κ2) is 5.39. The third kappa shape index (κ3) is 3.01. The van der Waals surface area contributed by atoms with Crippen LogP contribution in [-0.4, -0.2) is 17.8 Å². The lowest BCUT2D eigenvalue weighted by atomic mass is 10.2. The number of carbonyl (C=O) groups is 1. The highest BCUT2D eigenvalue weighted by Gasteiger charge is 2.05. The number of nitrogens with one attached hydrogen (secondary N) is 1. The molecule has 0 bridgehead atoms. The van der Waals surface area contributed by atoms with Crippen molar-refractivity contribution in [3.8, 4) is 11.5 Å². The van der Waals surface area contributed by atoms with Crippen LogP contribution in [0.15, 0.2) is 36.5 Å². The Kier molecular flexibility index (Phi) is 3.66. The van der Waals surface area contributed by atoms with Crippen molar-refractivity contribution in [1.29, 1.82) is 0 Å². The second-order valence-electron chi connectivity index (χ2n) is 4.03. The van der Waals surface area contributed by atoms with Crippen molar-refractivity contribution in [3.63, 3.8) is 0 Å². The van der Waals surface area contributed by atoms with E-state index in [1.165, 1.54) is 13.1 Å². The number of hydrogen-bond acceptors (Lipinski definition) is 5. The summed E-state index contributed by atoms with van der Waals surface area (Å²) >= 11 is 0.